The average molecular weight is 293 g/mol. The number of likely N-dealkylation sites (N-methyl/N-ethyl adjacent to an activating group) is 1. The summed E-state index contributed by atoms with van der Waals surface area (Å²) in [7, 11) is 1.68. The van der Waals surface area contributed by atoms with E-state index in [0.29, 0.717) is 11.4 Å². The van der Waals surface area contributed by atoms with Gasteiger partial charge in [0.25, 0.3) is 5.91 Å². The van der Waals surface area contributed by atoms with E-state index in [-0.39, 0.29) is 11.9 Å². The minimum atomic E-state index is -0.276. The van der Waals surface area contributed by atoms with Gasteiger partial charge in [0.05, 0.1) is 0 Å². The Balaban J connectivity index is 1.86. The smallest absolute Gasteiger partial charge is 0.274 e. The minimum Gasteiger partial charge on any atom is -0.457 e. The largest absolute Gasteiger partial charge is 0.457 e. The predicted molar refractivity (Wildman–Crippen MR) is 84.6 cm³/mol. The SMILES string of the molecule is CN1C(=N)NC(=O)C1=Cc1cccc(Oc2ccccc2)c1. The number of amides is 1. The van der Waals surface area contributed by atoms with Crippen molar-refractivity contribution in [3.8, 4) is 11.5 Å². The summed E-state index contributed by atoms with van der Waals surface area (Å²) in [5.41, 5.74) is 1.27. The Morgan fingerprint density at radius 1 is 1.09 bits per heavy atom. The number of hydrogen-bond donors (Lipinski definition) is 2. The van der Waals surface area contributed by atoms with E-state index >= 15 is 0 Å². The van der Waals surface area contributed by atoms with E-state index in [1.54, 1.807) is 13.1 Å². The van der Waals surface area contributed by atoms with Gasteiger partial charge in [-0.3, -0.25) is 15.5 Å². The first-order valence-electron chi connectivity index (χ1n) is 6.82. The van der Waals surface area contributed by atoms with Crippen LogP contribution in [0.5, 0.6) is 11.5 Å². The van der Waals surface area contributed by atoms with Gasteiger partial charge in [-0.05, 0) is 35.9 Å². The summed E-state index contributed by atoms with van der Waals surface area (Å²) in [5.74, 6) is 1.25. The molecule has 1 saturated heterocycles. The van der Waals surface area contributed by atoms with Crippen LogP contribution >= 0.6 is 0 Å². The number of ether oxygens (including phenoxy) is 1. The Bertz CT molecular complexity index is 754. The van der Waals surface area contributed by atoms with Gasteiger partial charge in [0.2, 0.25) is 5.96 Å². The number of rotatable bonds is 3. The summed E-state index contributed by atoms with van der Waals surface area (Å²) < 4.78 is 5.77. The van der Waals surface area contributed by atoms with Crippen LogP contribution in [0.25, 0.3) is 6.08 Å². The first-order valence-corrected chi connectivity index (χ1v) is 6.82. The Morgan fingerprint density at radius 3 is 2.50 bits per heavy atom. The molecule has 110 valence electrons. The predicted octanol–water partition coefficient (Wildman–Crippen LogP) is 2.82. The van der Waals surface area contributed by atoms with Gasteiger partial charge >= 0.3 is 0 Å². The summed E-state index contributed by atoms with van der Waals surface area (Å²) in [5, 5.41) is 10.1. The quantitative estimate of drug-likeness (QED) is 0.855. The monoisotopic (exact) mass is 293 g/mol. The second kappa shape index (κ2) is 5.73. The van der Waals surface area contributed by atoms with Crippen molar-refractivity contribution in [2.45, 2.75) is 0 Å². The highest BCUT2D eigenvalue weighted by Gasteiger charge is 2.26. The van der Waals surface area contributed by atoms with Gasteiger partial charge in [0, 0.05) is 7.05 Å². The lowest BCUT2D eigenvalue weighted by Gasteiger charge is -2.09. The third-order valence-corrected chi connectivity index (χ3v) is 3.30. The van der Waals surface area contributed by atoms with E-state index in [0.717, 1.165) is 11.3 Å². The third kappa shape index (κ3) is 2.83. The molecule has 1 fully saturated rings. The molecule has 1 aliphatic heterocycles. The van der Waals surface area contributed by atoms with Crippen LogP contribution < -0.4 is 10.1 Å². The van der Waals surface area contributed by atoms with Crippen LogP contribution in [0.1, 0.15) is 5.56 Å². The molecule has 1 aliphatic rings. The number of benzene rings is 2. The van der Waals surface area contributed by atoms with E-state index in [1.807, 2.05) is 54.6 Å². The minimum absolute atomic E-state index is 0.0768. The fourth-order valence-corrected chi connectivity index (χ4v) is 2.14. The third-order valence-electron chi connectivity index (χ3n) is 3.30. The Hall–Kier alpha value is -3.08. The van der Waals surface area contributed by atoms with Gasteiger partial charge in [-0.25, -0.2) is 0 Å². The normalized spacial score (nSPS) is 16.0. The Morgan fingerprint density at radius 2 is 1.82 bits per heavy atom. The molecule has 2 aromatic rings. The molecule has 3 rings (SSSR count). The van der Waals surface area contributed by atoms with Gasteiger partial charge in [-0.1, -0.05) is 30.3 Å². The maximum absolute atomic E-state index is 11.8. The van der Waals surface area contributed by atoms with Gasteiger partial charge in [0.15, 0.2) is 0 Å². The highest BCUT2D eigenvalue weighted by atomic mass is 16.5. The zero-order valence-electron chi connectivity index (χ0n) is 12.0. The summed E-state index contributed by atoms with van der Waals surface area (Å²) in [6, 6.07) is 17.0. The van der Waals surface area contributed by atoms with Crippen molar-refractivity contribution in [2.75, 3.05) is 7.05 Å². The Kier molecular flexibility index (Phi) is 3.62. The van der Waals surface area contributed by atoms with E-state index < -0.39 is 0 Å². The first kappa shape index (κ1) is 13.9. The molecular weight excluding hydrogens is 278 g/mol. The average Bonchev–Trinajstić information content (AvgIpc) is 2.75. The molecule has 0 atom stereocenters. The molecule has 5 heteroatoms. The summed E-state index contributed by atoms with van der Waals surface area (Å²) in [6.45, 7) is 0. The summed E-state index contributed by atoms with van der Waals surface area (Å²) >= 11 is 0. The molecule has 0 saturated carbocycles. The molecule has 0 bridgehead atoms. The molecule has 2 N–H and O–H groups in total. The molecule has 0 aromatic heterocycles. The molecule has 0 radical (unpaired) electrons. The number of carbonyl (C=O) groups is 1. The maximum Gasteiger partial charge on any atom is 0.274 e. The number of nitrogens with zero attached hydrogens (tertiary/aromatic N) is 1. The van der Waals surface area contributed by atoms with E-state index in [4.69, 9.17) is 10.1 Å². The second-order valence-electron chi connectivity index (χ2n) is 4.88. The summed E-state index contributed by atoms with van der Waals surface area (Å²) in [4.78, 5) is 13.3. The highest BCUT2D eigenvalue weighted by molar-refractivity contribution is 6.14. The molecule has 22 heavy (non-hydrogen) atoms. The molecule has 5 nitrogen and oxygen atoms in total. The fraction of sp³-hybridized carbons (Fsp3) is 0.0588. The van der Waals surface area contributed by atoms with Crippen LogP contribution in [0.3, 0.4) is 0 Å². The zero-order chi connectivity index (χ0) is 15.5. The van der Waals surface area contributed by atoms with Crippen LogP contribution in [0.15, 0.2) is 60.3 Å². The number of nitrogens with one attached hydrogen (secondary N) is 2. The molecule has 0 aliphatic carbocycles. The van der Waals surface area contributed by atoms with E-state index in [1.165, 1.54) is 4.90 Å². The Labute approximate surface area is 128 Å². The van der Waals surface area contributed by atoms with Crippen molar-refractivity contribution in [1.29, 1.82) is 5.41 Å². The van der Waals surface area contributed by atoms with Crippen LogP contribution in [0.4, 0.5) is 0 Å². The lowest BCUT2D eigenvalue weighted by atomic mass is 10.1. The fourth-order valence-electron chi connectivity index (χ4n) is 2.14. The lowest BCUT2D eigenvalue weighted by Crippen LogP contribution is -2.25. The molecule has 1 heterocycles. The van der Waals surface area contributed by atoms with Crippen molar-refractivity contribution >= 4 is 17.9 Å². The topological polar surface area (TPSA) is 65.4 Å². The van der Waals surface area contributed by atoms with Gasteiger partial charge in [-0.15, -0.1) is 0 Å². The van der Waals surface area contributed by atoms with Crippen LogP contribution in [0, 0.1) is 5.41 Å². The van der Waals surface area contributed by atoms with Crippen molar-refractivity contribution in [2.24, 2.45) is 0 Å². The molecule has 0 unspecified atom stereocenters. The number of hydrogen-bond acceptors (Lipinski definition) is 3. The first-order chi connectivity index (χ1) is 10.6. The van der Waals surface area contributed by atoms with Gasteiger partial charge < -0.3 is 9.64 Å². The van der Waals surface area contributed by atoms with Crippen LogP contribution in [-0.4, -0.2) is 23.8 Å². The van der Waals surface area contributed by atoms with Crippen LogP contribution in [-0.2, 0) is 4.79 Å². The van der Waals surface area contributed by atoms with E-state index in [2.05, 4.69) is 5.32 Å². The maximum atomic E-state index is 11.8. The standard InChI is InChI=1S/C17H15N3O2/c1-20-15(16(21)19-17(20)18)11-12-6-5-9-14(10-12)22-13-7-3-2-4-8-13/h2-11H,1H3,(H2,18,19,21). The summed E-state index contributed by atoms with van der Waals surface area (Å²) in [6.07, 6.45) is 1.73. The van der Waals surface area contributed by atoms with Crippen molar-refractivity contribution in [3.05, 3.63) is 65.9 Å². The second-order valence-corrected chi connectivity index (χ2v) is 4.88. The molecule has 2 aromatic carbocycles. The van der Waals surface area contributed by atoms with Crippen molar-refractivity contribution in [3.63, 3.8) is 0 Å². The van der Waals surface area contributed by atoms with Crippen LogP contribution in [0.2, 0.25) is 0 Å². The highest BCUT2D eigenvalue weighted by Crippen LogP contribution is 2.23. The number of guanidine groups is 1. The number of carbonyl (C=O) groups excluding carboxylic acids is 1. The molecule has 0 spiro atoms. The van der Waals surface area contributed by atoms with Crippen molar-refractivity contribution in [1.82, 2.24) is 10.2 Å². The molecular formula is C17H15N3O2. The lowest BCUT2D eigenvalue weighted by molar-refractivity contribution is -0.115. The van der Waals surface area contributed by atoms with E-state index in [9.17, 15) is 4.79 Å². The molecule has 1 amide bonds. The number of para-hydroxylation sites is 1. The van der Waals surface area contributed by atoms with Gasteiger partial charge in [-0.2, -0.15) is 0 Å². The van der Waals surface area contributed by atoms with Gasteiger partial charge in [0.1, 0.15) is 17.2 Å². The zero-order valence-corrected chi connectivity index (χ0v) is 12.0. The van der Waals surface area contributed by atoms with Crippen molar-refractivity contribution < 1.29 is 9.53 Å².